The Morgan fingerprint density at radius 3 is 3.00 bits per heavy atom. The Labute approximate surface area is 142 Å². The number of aromatic nitrogens is 2. The Morgan fingerprint density at radius 2 is 2.17 bits per heavy atom. The van der Waals surface area contributed by atoms with E-state index in [-0.39, 0.29) is 11.8 Å². The number of hydrogen-bond acceptors (Lipinski definition) is 4. The van der Waals surface area contributed by atoms with Crippen molar-refractivity contribution in [2.24, 2.45) is 0 Å². The first kappa shape index (κ1) is 15.4. The number of hydrogen-bond donors (Lipinski definition) is 0. The van der Waals surface area contributed by atoms with Gasteiger partial charge < -0.3 is 9.42 Å². The number of nitrogens with zero attached hydrogens (tertiary/aromatic N) is 3. The third kappa shape index (κ3) is 3.07. The van der Waals surface area contributed by atoms with Crippen molar-refractivity contribution in [1.29, 1.82) is 0 Å². The molecule has 2 aliphatic rings. The quantitative estimate of drug-likeness (QED) is 0.871. The number of likely N-dealkylation sites (tertiary alicyclic amines) is 1. The lowest BCUT2D eigenvalue weighted by atomic mass is 9.96. The first-order chi connectivity index (χ1) is 11.7. The smallest absolute Gasteiger partial charge is 0.227 e. The van der Waals surface area contributed by atoms with E-state index in [9.17, 15) is 4.79 Å². The van der Waals surface area contributed by atoms with Crippen LogP contribution >= 0.6 is 0 Å². The highest BCUT2D eigenvalue weighted by Crippen LogP contribution is 2.26. The SMILES string of the molecule is Cc1nc([C@@H]2CCCN(C(=O)Cc3ccc4c(c3)CCC4)C2)no1. The zero-order valence-corrected chi connectivity index (χ0v) is 14.1. The van der Waals surface area contributed by atoms with Crippen molar-refractivity contribution in [3.63, 3.8) is 0 Å². The lowest BCUT2D eigenvalue weighted by Crippen LogP contribution is -2.40. The fourth-order valence-electron chi connectivity index (χ4n) is 3.92. The minimum atomic E-state index is 0.195. The van der Waals surface area contributed by atoms with Crippen LogP contribution in [0.15, 0.2) is 22.7 Å². The number of piperidine rings is 1. The van der Waals surface area contributed by atoms with Crippen LogP contribution in [0.5, 0.6) is 0 Å². The van der Waals surface area contributed by atoms with Gasteiger partial charge in [-0.05, 0) is 48.8 Å². The molecule has 0 bridgehead atoms. The molecule has 1 aliphatic carbocycles. The lowest BCUT2D eigenvalue weighted by Gasteiger charge is -2.31. The molecule has 24 heavy (non-hydrogen) atoms. The van der Waals surface area contributed by atoms with Gasteiger partial charge in [-0.2, -0.15) is 4.98 Å². The normalized spacial score (nSPS) is 20.2. The summed E-state index contributed by atoms with van der Waals surface area (Å²) in [4.78, 5) is 19.0. The number of aryl methyl sites for hydroxylation is 3. The average Bonchev–Trinajstić information content (AvgIpc) is 3.23. The van der Waals surface area contributed by atoms with Crippen molar-refractivity contribution < 1.29 is 9.32 Å². The molecule has 5 heteroatoms. The van der Waals surface area contributed by atoms with E-state index in [1.165, 1.54) is 24.0 Å². The van der Waals surface area contributed by atoms with E-state index in [4.69, 9.17) is 4.52 Å². The number of fused-ring (bicyclic) bond motifs is 1. The topological polar surface area (TPSA) is 59.2 Å². The summed E-state index contributed by atoms with van der Waals surface area (Å²) >= 11 is 0. The maximum Gasteiger partial charge on any atom is 0.227 e. The molecule has 1 fully saturated rings. The number of amides is 1. The molecule has 4 rings (SSSR count). The second-order valence-electron chi connectivity index (χ2n) is 6.98. The van der Waals surface area contributed by atoms with Gasteiger partial charge in [-0.15, -0.1) is 0 Å². The fraction of sp³-hybridized carbons (Fsp3) is 0.526. The van der Waals surface area contributed by atoms with Gasteiger partial charge in [0.2, 0.25) is 11.8 Å². The number of carbonyl (C=O) groups excluding carboxylic acids is 1. The monoisotopic (exact) mass is 325 g/mol. The van der Waals surface area contributed by atoms with Crippen molar-refractivity contribution in [2.45, 2.75) is 51.4 Å². The molecule has 0 saturated carbocycles. The van der Waals surface area contributed by atoms with Crippen LogP contribution in [0.1, 0.15) is 53.6 Å². The van der Waals surface area contributed by atoms with E-state index < -0.39 is 0 Å². The highest BCUT2D eigenvalue weighted by atomic mass is 16.5. The van der Waals surface area contributed by atoms with Gasteiger partial charge in [0, 0.05) is 25.9 Å². The van der Waals surface area contributed by atoms with Crippen LogP contribution in [-0.4, -0.2) is 34.0 Å². The average molecular weight is 325 g/mol. The highest BCUT2D eigenvalue weighted by molar-refractivity contribution is 5.79. The fourth-order valence-corrected chi connectivity index (χ4v) is 3.92. The van der Waals surface area contributed by atoms with Crippen LogP contribution in [0.2, 0.25) is 0 Å². The molecule has 1 atom stereocenters. The molecular weight excluding hydrogens is 302 g/mol. The van der Waals surface area contributed by atoms with Gasteiger partial charge in [-0.1, -0.05) is 23.4 Å². The molecule has 5 nitrogen and oxygen atoms in total. The van der Waals surface area contributed by atoms with E-state index >= 15 is 0 Å². The summed E-state index contributed by atoms with van der Waals surface area (Å²) < 4.78 is 5.09. The van der Waals surface area contributed by atoms with Gasteiger partial charge in [-0.3, -0.25) is 4.79 Å². The number of benzene rings is 1. The third-order valence-corrected chi connectivity index (χ3v) is 5.20. The van der Waals surface area contributed by atoms with Crippen molar-refractivity contribution in [2.75, 3.05) is 13.1 Å². The minimum Gasteiger partial charge on any atom is -0.342 e. The maximum atomic E-state index is 12.7. The molecule has 1 aromatic heterocycles. The molecule has 1 aliphatic heterocycles. The van der Waals surface area contributed by atoms with Crippen molar-refractivity contribution in [3.8, 4) is 0 Å². The van der Waals surface area contributed by atoms with Gasteiger partial charge in [0.1, 0.15) is 0 Å². The highest BCUT2D eigenvalue weighted by Gasteiger charge is 2.27. The van der Waals surface area contributed by atoms with E-state index in [1.54, 1.807) is 6.92 Å². The lowest BCUT2D eigenvalue weighted by molar-refractivity contribution is -0.131. The second kappa shape index (κ2) is 6.38. The van der Waals surface area contributed by atoms with Crippen LogP contribution in [0.4, 0.5) is 0 Å². The minimum absolute atomic E-state index is 0.195. The second-order valence-corrected chi connectivity index (χ2v) is 6.98. The summed E-state index contributed by atoms with van der Waals surface area (Å²) in [6, 6.07) is 6.54. The van der Waals surface area contributed by atoms with Crippen LogP contribution in [-0.2, 0) is 24.1 Å². The van der Waals surface area contributed by atoms with Gasteiger partial charge in [-0.25, -0.2) is 0 Å². The van der Waals surface area contributed by atoms with Crippen molar-refractivity contribution in [1.82, 2.24) is 15.0 Å². The summed E-state index contributed by atoms with van der Waals surface area (Å²) in [6.45, 7) is 3.33. The Balaban J connectivity index is 1.42. The zero-order valence-electron chi connectivity index (χ0n) is 14.1. The molecule has 1 aromatic carbocycles. The largest absolute Gasteiger partial charge is 0.342 e. The molecule has 0 radical (unpaired) electrons. The summed E-state index contributed by atoms with van der Waals surface area (Å²) in [6.07, 6.45) is 6.08. The van der Waals surface area contributed by atoms with E-state index in [0.29, 0.717) is 18.9 Å². The molecule has 0 unspecified atom stereocenters. The molecule has 1 amide bonds. The predicted molar refractivity (Wildman–Crippen MR) is 89.8 cm³/mol. The molecular formula is C19H23N3O2. The van der Waals surface area contributed by atoms with Crippen molar-refractivity contribution >= 4 is 5.91 Å². The van der Waals surface area contributed by atoms with Crippen LogP contribution in [0, 0.1) is 6.92 Å². The molecule has 2 heterocycles. The van der Waals surface area contributed by atoms with Crippen LogP contribution in [0.25, 0.3) is 0 Å². The summed E-state index contributed by atoms with van der Waals surface area (Å²) in [5.41, 5.74) is 4.02. The van der Waals surface area contributed by atoms with E-state index in [2.05, 4.69) is 28.3 Å². The Morgan fingerprint density at radius 1 is 1.29 bits per heavy atom. The standard InChI is InChI=1S/C19H23N3O2/c1-13-20-19(21-24-13)17-6-3-9-22(12-17)18(23)11-14-7-8-15-4-2-5-16(15)10-14/h7-8,10,17H,2-6,9,11-12H2,1H3/t17-/m1/s1. The molecule has 126 valence electrons. The molecule has 0 N–H and O–H groups in total. The maximum absolute atomic E-state index is 12.7. The molecule has 0 spiro atoms. The summed E-state index contributed by atoms with van der Waals surface area (Å²) in [7, 11) is 0. The predicted octanol–water partition coefficient (Wildman–Crippen LogP) is 2.82. The summed E-state index contributed by atoms with van der Waals surface area (Å²) in [5, 5.41) is 4.03. The Kier molecular flexibility index (Phi) is 4.08. The van der Waals surface area contributed by atoms with E-state index in [0.717, 1.165) is 37.2 Å². The van der Waals surface area contributed by atoms with E-state index in [1.807, 2.05) is 4.90 Å². The zero-order chi connectivity index (χ0) is 16.5. The van der Waals surface area contributed by atoms with Crippen LogP contribution < -0.4 is 0 Å². The summed E-state index contributed by atoms with van der Waals surface area (Å²) in [5.74, 6) is 1.73. The van der Waals surface area contributed by atoms with Crippen LogP contribution in [0.3, 0.4) is 0 Å². The van der Waals surface area contributed by atoms with Crippen molar-refractivity contribution in [3.05, 3.63) is 46.6 Å². The third-order valence-electron chi connectivity index (χ3n) is 5.20. The molecule has 1 saturated heterocycles. The molecule has 2 aromatic rings. The Hall–Kier alpha value is -2.17. The van der Waals surface area contributed by atoms with Gasteiger partial charge in [0.25, 0.3) is 0 Å². The number of carbonyl (C=O) groups is 1. The van der Waals surface area contributed by atoms with Gasteiger partial charge in [0.15, 0.2) is 5.82 Å². The first-order valence-electron chi connectivity index (χ1n) is 8.88. The number of rotatable bonds is 3. The van der Waals surface area contributed by atoms with Gasteiger partial charge >= 0.3 is 0 Å². The first-order valence-corrected chi connectivity index (χ1v) is 8.88. The van der Waals surface area contributed by atoms with Gasteiger partial charge in [0.05, 0.1) is 6.42 Å². The Bertz CT molecular complexity index is 753.